The van der Waals surface area contributed by atoms with Crippen molar-refractivity contribution in [1.82, 2.24) is 9.97 Å². The second-order valence-corrected chi connectivity index (χ2v) is 3.08. The van der Waals surface area contributed by atoms with Crippen LogP contribution in [-0.4, -0.2) is 9.97 Å². The predicted molar refractivity (Wildman–Crippen MR) is 48.5 cm³/mol. The lowest BCUT2D eigenvalue weighted by Gasteiger charge is -2.02. The van der Waals surface area contributed by atoms with Gasteiger partial charge in [-0.2, -0.15) is 0 Å². The molecule has 1 rings (SSSR count). The van der Waals surface area contributed by atoms with E-state index in [4.69, 9.17) is 0 Å². The maximum Gasteiger partial charge on any atom is 0.116 e. The first kappa shape index (κ1) is 8.65. The lowest BCUT2D eigenvalue weighted by Crippen LogP contribution is -1.96. The third-order valence-electron chi connectivity index (χ3n) is 1.60. The van der Waals surface area contributed by atoms with Gasteiger partial charge in [-0.3, -0.25) is 0 Å². The number of rotatable bonds is 2. The molecule has 1 aromatic rings. The normalized spacial score (nSPS) is 10.1. The first-order valence-electron chi connectivity index (χ1n) is 3.77. The highest BCUT2D eigenvalue weighted by Crippen LogP contribution is 2.18. The molecule has 0 spiro atoms. The molecule has 1 heterocycles. The summed E-state index contributed by atoms with van der Waals surface area (Å²) in [5.41, 5.74) is 2.19. The number of aromatic nitrogens is 2. The van der Waals surface area contributed by atoms with Crippen molar-refractivity contribution in [2.45, 2.75) is 26.7 Å². The first-order chi connectivity index (χ1) is 5.29. The van der Waals surface area contributed by atoms with Gasteiger partial charge in [-0.15, -0.1) is 0 Å². The van der Waals surface area contributed by atoms with E-state index < -0.39 is 0 Å². The van der Waals surface area contributed by atoms with Crippen molar-refractivity contribution < 1.29 is 0 Å². The highest BCUT2D eigenvalue weighted by atomic mass is 79.9. The molecule has 0 aliphatic heterocycles. The van der Waals surface area contributed by atoms with Gasteiger partial charge in [0.25, 0.3) is 0 Å². The van der Waals surface area contributed by atoms with Crippen LogP contribution in [0.2, 0.25) is 0 Å². The van der Waals surface area contributed by atoms with E-state index in [2.05, 4.69) is 39.7 Å². The predicted octanol–water partition coefficient (Wildman–Crippen LogP) is 2.36. The molecule has 0 saturated heterocycles. The molecule has 1 aromatic heterocycles. The van der Waals surface area contributed by atoms with E-state index in [0.29, 0.717) is 0 Å². The molecule has 0 aromatic carbocycles. The van der Waals surface area contributed by atoms with Crippen molar-refractivity contribution in [2.24, 2.45) is 0 Å². The summed E-state index contributed by atoms with van der Waals surface area (Å²) in [6, 6.07) is 0. The second kappa shape index (κ2) is 3.81. The molecular formula is C8H11BrN2. The van der Waals surface area contributed by atoms with Gasteiger partial charge < -0.3 is 0 Å². The number of hydrogen-bond donors (Lipinski definition) is 0. The third-order valence-corrected chi connectivity index (χ3v) is 2.52. The van der Waals surface area contributed by atoms with E-state index in [1.807, 2.05) is 0 Å². The molecule has 0 radical (unpaired) electrons. The van der Waals surface area contributed by atoms with Gasteiger partial charge in [-0.25, -0.2) is 9.97 Å². The molecular weight excluding hydrogens is 204 g/mol. The van der Waals surface area contributed by atoms with E-state index in [1.54, 1.807) is 6.33 Å². The minimum atomic E-state index is 0.954. The summed E-state index contributed by atoms with van der Waals surface area (Å²) < 4.78 is 1.07. The quantitative estimate of drug-likeness (QED) is 0.756. The van der Waals surface area contributed by atoms with E-state index in [-0.39, 0.29) is 0 Å². The standard InChI is InChI=1S/C8H11BrN2/c1-3-6-8(9)7(4-2)11-5-10-6/h5H,3-4H2,1-2H3. The number of aryl methyl sites for hydroxylation is 2. The van der Waals surface area contributed by atoms with Gasteiger partial charge in [-0.1, -0.05) is 13.8 Å². The first-order valence-corrected chi connectivity index (χ1v) is 4.57. The summed E-state index contributed by atoms with van der Waals surface area (Å²) in [6.45, 7) is 4.18. The Morgan fingerprint density at radius 1 is 1.18 bits per heavy atom. The van der Waals surface area contributed by atoms with Crippen LogP contribution in [0.5, 0.6) is 0 Å². The van der Waals surface area contributed by atoms with Gasteiger partial charge in [0.1, 0.15) is 6.33 Å². The molecule has 0 saturated carbocycles. The summed E-state index contributed by atoms with van der Waals surface area (Å²) in [5.74, 6) is 0. The molecule has 60 valence electrons. The van der Waals surface area contributed by atoms with Gasteiger partial charge in [0, 0.05) is 0 Å². The fraction of sp³-hybridized carbons (Fsp3) is 0.500. The summed E-state index contributed by atoms with van der Waals surface area (Å²) in [5, 5.41) is 0. The zero-order valence-corrected chi connectivity index (χ0v) is 8.35. The topological polar surface area (TPSA) is 25.8 Å². The summed E-state index contributed by atoms with van der Waals surface area (Å²) >= 11 is 3.48. The van der Waals surface area contributed by atoms with Gasteiger partial charge in [-0.05, 0) is 28.8 Å². The van der Waals surface area contributed by atoms with Gasteiger partial charge >= 0.3 is 0 Å². The molecule has 0 aliphatic rings. The van der Waals surface area contributed by atoms with Crippen molar-refractivity contribution in [3.8, 4) is 0 Å². The SMILES string of the molecule is CCc1ncnc(CC)c1Br. The highest BCUT2D eigenvalue weighted by molar-refractivity contribution is 9.10. The van der Waals surface area contributed by atoms with E-state index in [9.17, 15) is 0 Å². The smallest absolute Gasteiger partial charge is 0.116 e. The molecule has 11 heavy (non-hydrogen) atoms. The molecule has 2 nitrogen and oxygen atoms in total. The Labute approximate surface area is 75.2 Å². The fourth-order valence-corrected chi connectivity index (χ4v) is 1.71. The Hall–Kier alpha value is -0.440. The van der Waals surface area contributed by atoms with E-state index in [0.717, 1.165) is 28.7 Å². The Bertz CT molecular complexity index is 226. The summed E-state index contributed by atoms with van der Waals surface area (Å²) in [6.07, 6.45) is 3.54. The van der Waals surface area contributed by atoms with Gasteiger partial charge in [0.15, 0.2) is 0 Å². The lowest BCUT2D eigenvalue weighted by molar-refractivity contribution is 0.918. The van der Waals surface area contributed by atoms with Crippen LogP contribution in [0.15, 0.2) is 10.8 Å². The minimum Gasteiger partial charge on any atom is -0.240 e. The largest absolute Gasteiger partial charge is 0.240 e. The lowest BCUT2D eigenvalue weighted by atomic mass is 10.2. The summed E-state index contributed by atoms with van der Waals surface area (Å²) in [7, 11) is 0. The average Bonchev–Trinajstić information content (AvgIpc) is 2.05. The molecule has 3 heteroatoms. The molecule has 0 fully saturated rings. The highest BCUT2D eigenvalue weighted by Gasteiger charge is 2.03. The van der Waals surface area contributed by atoms with Crippen molar-refractivity contribution in [2.75, 3.05) is 0 Å². The Morgan fingerprint density at radius 2 is 1.64 bits per heavy atom. The Balaban J connectivity index is 3.10. The van der Waals surface area contributed by atoms with Gasteiger partial charge in [0.2, 0.25) is 0 Å². The van der Waals surface area contributed by atoms with Crippen LogP contribution >= 0.6 is 15.9 Å². The second-order valence-electron chi connectivity index (χ2n) is 2.29. The maximum absolute atomic E-state index is 4.15. The molecule has 0 aliphatic carbocycles. The molecule has 0 atom stereocenters. The monoisotopic (exact) mass is 214 g/mol. The fourth-order valence-electron chi connectivity index (χ4n) is 0.941. The minimum absolute atomic E-state index is 0.954. The maximum atomic E-state index is 4.15. The number of halogens is 1. The van der Waals surface area contributed by atoms with Crippen LogP contribution in [0, 0.1) is 0 Å². The number of nitrogens with zero attached hydrogens (tertiary/aromatic N) is 2. The molecule has 0 unspecified atom stereocenters. The van der Waals surface area contributed by atoms with Crippen LogP contribution in [0.4, 0.5) is 0 Å². The van der Waals surface area contributed by atoms with E-state index in [1.165, 1.54) is 0 Å². The Morgan fingerprint density at radius 3 is 2.00 bits per heavy atom. The average molecular weight is 215 g/mol. The van der Waals surface area contributed by atoms with Crippen LogP contribution < -0.4 is 0 Å². The Kier molecular flexibility index (Phi) is 3.00. The van der Waals surface area contributed by atoms with Crippen molar-refractivity contribution in [3.05, 3.63) is 22.2 Å². The summed E-state index contributed by atoms with van der Waals surface area (Å²) in [4.78, 5) is 8.29. The zero-order chi connectivity index (χ0) is 8.27. The third kappa shape index (κ3) is 1.77. The van der Waals surface area contributed by atoms with Crippen LogP contribution in [0.25, 0.3) is 0 Å². The van der Waals surface area contributed by atoms with Crippen LogP contribution in [0.3, 0.4) is 0 Å². The van der Waals surface area contributed by atoms with Crippen LogP contribution in [0.1, 0.15) is 25.2 Å². The van der Waals surface area contributed by atoms with E-state index >= 15 is 0 Å². The zero-order valence-electron chi connectivity index (χ0n) is 6.76. The number of hydrogen-bond acceptors (Lipinski definition) is 2. The van der Waals surface area contributed by atoms with Crippen molar-refractivity contribution >= 4 is 15.9 Å². The van der Waals surface area contributed by atoms with Gasteiger partial charge in [0.05, 0.1) is 15.9 Å². The van der Waals surface area contributed by atoms with Crippen molar-refractivity contribution in [1.29, 1.82) is 0 Å². The molecule has 0 bridgehead atoms. The van der Waals surface area contributed by atoms with Crippen molar-refractivity contribution in [3.63, 3.8) is 0 Å². The van der Waals surface area contributed by atoms with Crippen LogP contribution in [-0.2, 0) is 12.8 Å². The molecule has 0 amide bonds. The molecule has 0 N–H and O–H groups in total.